The van der Waals surface area contributed by atoms with E-state index < -0.39 is 0 Å². The Bertz CT molecular complexity index is 616. The molecule has 0 aliphatic heterocycles. The van der Waals surface area contributed by atoms with Crippen LogP contribution in [-0.2, 0) is 10.5 Å². The number of carbonyl (C=O) groups excluding carboxylic acids is 1. The molecule has 21 heavy (non-hydrogen) atoms. The second-order valence-electron chi connectivity index (χ2n) is 4.72. The van der Waals surface area contributed by atoms with Gasteiger partial charge in [-0.15, -0.1) is 11.8 Å². The van der Waals surface area contributed by atoms with Crippen molar-refractivity contribution in [3.8, 4) is 0 Å². The monoisotopic (exact) mass is 304 g/mol. The summed E-state index contributed by atoms with van der Waals surface area (Å²) in [6.45, 7) is 1.80. The van der Waals surface area contributed by atoms with E-state index in [4.69, 9.17) is 5.84 Å². The van der Waals surface area contributed by atoms with Crippen molar-refractivity contribution in [1.29, 1.82) is 0 Å². The molecule has 3 N–H and O–H groups in total. The fraction of sp³-hybridized carbons (Fsp3) is 0.188. The van der Waals surface area contributed by atoms with E-state index in [0.29, 0.717) is 0 Å². The SMILES string of the molecule is CC(C(=O)NN)c1ccc(CSc2cccc(F)c2)cc1. The highest BCUT2D eigenvalue weighted by molar-refractivity contribution is 7.98. The molecule has 0 bridgehead atoms. The third-order valence-electron chi connectivity index (χ3n) is 3.22. The molecule has 0 aromatic heterocycles. The quantitative estimate of drug-likeness (QED) is 0.386. The van der Waals surface area contributed by atoms with E-state index in [-0.39, 0.29) is 17.6 Å². The Kier molecular flexibility index (Phi) is 5.36. The Morgan fingerprint density at radius 3 is 2.62 bits per heavy atom. The van der Waals surface area contributed by atoms with Gasteiger partial charge in [-0.2, -0.15) is 0 Å². The zero-order valence-corrected chi connectivity index (χ0v) is 12.5. The third kappa shape index (κ3) is 4.31. The summed E-state index contributed by atoms with van der Waals surface area (Å²) in [6.07, 6.45) is 0. The topological polar surface area (TPSA) is 55.1 Å². The van der Waals surface area contributed by atoms with Gasteiger partial charge in [-0.25, -0.2) is 10.2 Å². The van der Waals surface area contributed by atoms with Gasteiger partial charge in [0.1, 0.15) is 5.82 Å². The average molecular weight is 304 g/mol. The summed E-state index contributed by atoms with van der Waals surface area (Å²) < 4.78 is 13.1. The van der Waals surface area contributed by atoms with Crippen LogP contribution in [0.2, 0.25) is 0 Å². The van der Waals surface area contributed by atoms with Crippen molar-refractivity contribution < 1.29 is 9.18 Å². The first-order valence-electron chi connectivity index (χ1n) is 6.58. The molecule has 0 aliphatic rings. The zero-order valence-electron chi connectivity index (χ0n) is 11.7. The lowest BCUT2D eigenvalue weighted by Gasteiger charge is -2.10. The van der Waals surface area contributed by atoms with Crippen LogP contribution < -0.4 is 11.3 Å². The van der Waals surface area contributed by atoms with Gasteiger partial charge in [-0.3, -0.25) is 10.2 Å². The largest absolute Gasteiger partial charge is 0.294 e. The van der Waals surface area contributed by atoms with Crippen molar-refractivity contribution in [3.05, 3.63) is 65.5 Å². The van der Waals surface area contributed by atoms with Crippen LogP contribution in [0.25, 0.3) is 0 Å². The average Bonchev–Trinajstić information content (AvgIpc) is 2.52. The molecule has 2 aromatic carbocycles. The summed E-state index contributed by atoms with van der Waals surface area (Å²) in [7, 11) is 0. The number of hydrazine groups is 1. The van der Waals surface area contributed by atoms with Crippen LogP contribution in [0.5, 0.6) is 0 Å². The molecule has 0 radical (unpaired) electrons. The maximum atomic E-state index is 13.1. The molecule has 1 unspecified atom stereocenters. The maximum absolute atomic E-state index is 13.1. The number of benzene rings is 2. The summed E-state index contributed by atoms with van der Waals surface area (Å²) in [6, 6.07) is 14.3. The molecule has 0 fully saturated rings. The number of carbonyl (C=O) groups is 1. The Morgan fingerprint density at radius 2 is 2.00 bits per heavy atom. The summed E-state index contributed by atoms with van der Waals surface area (Å²) in [4.78, 5) is 12.4. The zero-order chi connectivity index (χ0) is 15.2. The molecule has 1 amide bonds. The summed E-state index contributed by atoms with van der Waals surface area (Å²) in [5.74, 6) is 5.17. The first-order valence-corrected chi connectivity index (χ1v) is 7.56. The van der Waals surface area contributed by atoms with Crippen LogP contribution in [0.3, 0.4) is 0 Å². The third-order valence-corrected chi connectivity index (χ3v) is 4.28. The van der Waals surface area contributed by atoms with Crippen molar-refractivity contribution in [2.24, 2.45) is 5.84 Å². The number of nitrogens with one attached hydrogen (secondary N) is 1. The van der Waals surface area contributed by atoms with E-state index >= 15 is 0 Å². The number of rotatable bonds is 5. The van der Waals surface area contributed by atoms with Crippen LogP contribution in [0.4, 0.5) is 4.39 Å². The van der Waals surface area contributed by atoms with Gasteiger partial charge in [-0.05, 0) is 36.2 Å². The van der Waals surface area contributed by atoms with Gasteiger partial charge in [0.15, 0.2) is 0 Å². The minimum Gasteiger partial charge on any atom is -0.294 e. The molecule has 3 nitrogen and oxygen atoms in total. The predicted molar refractivity (Wildman–Crippen MR) is 83.1 cm³/mol. The molecular formula is C16H17FN2OS. The van der Waals surface area contributed by atoms with E-state index in [2.05, 4.69) is 5.43 Å². The van der Waals surface area contributed by atoms with E-state index in [1.165, 1.54) is 12.1 Å². The van der Waals surface area contributed by atoms with Crippen molar-refractivity contribution in [1.82, 2.24) is 5.43 Å². The summed E-state index contributed by atoms with van der Waals surface area (Å²) in [5, 5.41) is 0. The van der Waals surface area contributed by atoms with E-state index in [0.717, 1.165) is 21.8 Å². The Hall–Kier alpha value is -1.85. The number of hydrogen-bond donors (Lipinski definition) is 2. The maximum Gasteiger partial charge on any atom is 0.241 e. The standard InChI is InChI=1S/C16H17FN2OS/c1-11(16(20)19-18)13-7-5-12(6-8-13)10-21-15-4-2-3-14(17)9-15/h2-9,11H,10,18H2,1H3,(H,19,20). The first kappa shape index (κ1) is 15.5. The fourth-order valence-electron chi connectivity index (χ4n) is 1.90. The number of hydrogen-bond acceptors (Lipinski definition) is 3. The van der Waals surface area contributed by atoms with Crippen LogP contribution in [0.15, 0.2) is 53.4 Å². The Morgan fingerprint density at radius 1 is 1.29 bits per heavy atom. The van der Waals surface area contributed by atoms with Gasteiger partial charge in [0.05, 0.1) is 5.92 Å². The van der Waals surface area contributed by atoms with Gasteiger partial charge >= 0.3 is 0 Å². The lowest BCUT2D eigenvalue weighted by Crippen LogP contribution is -2.33. The van der Waals surface area contributed by atoms with Crippen molar-refractivity contribution in [2.45, 2.75) is 23.5 Å². The smallest absolute Gasteiger partial charge is 0.241 e. The fourth-order valence-corrected chi connectivity index (χ4v) is 2.80. The predicted octanol–water partition coefficient (Wildman–Crippen LogP) is 3.21. The first-order chi connectivity index (χ1) is 10.1. The van der Waals surface area contributed by atoms with Crippen LogP contribution >= 0.6 is 11.8 Å². The normalized spacial score (nSPS) is 12.0. The molecule has 5 heteroatoms. The molecule has 0 aliphatic carbocycles. The van der Waals surface area contributed by atoms with Gasteiger partial charge in [0.25, 0.3) is 0 Å². The van der Waals surface area contributed by atoms with Crippen LogP contribution in [0.1, 0.15) is 24.0 Å². The Labute approximate surface area is 127 Å². The van der Waals surface area contributed by atoms with Gasteiger partial charge in [-0.1, -0.05) is 30.3 Å². The molecule has 2 aromatic rings. The lowest BCUT2D eigenvalue weighted by molar-refractivity contribution is -0.122. The Balaban J connectivity index is 1.98. The van der Waals surface area contributed by atoms with E-state index in [1.54, 1.807) is 24.8 Å². The molecule has 0 spiro atoms. The lowest BCUT2D eigenvalue weighted by atomic mass is 9.99. The molecular weight excluding hydrogens is 287 g/mol. The molecule has 110 valence electrons. The molecule has 1 atom stereocenters. The highest BCUT2D eigenvalue weighted by atomic mass is 32.2. The number of amides is 1. The van der Waals surface area contributed by atoms with E-state index in [9.17, 15) is 9.18 Å². The van der Waals surface area contributed by atoms with Crippen molar-refractivity contribution in [3.63, 3.8) is 0 Å². The molecule has 0 saturated heterocycles. The van der Waals surface area contributed by atoms with E-state index in [1.807, 2.05) is 30.3 Å². The number of thioether (sulfide) groups is 1. The minimum absolute atomic E-state index is 0.211. The second-order valence-corrected chi connectivity index (χ2v) is 5.77. The van der Waals surface area contributed by atoms with Crippen molar-refractivity contribution >= 4 is 17.7 Å². The molecule has 0 heterocycles. The van der Waals surface area contributed by atoms with Crippen molar-refractivity contribution in [2.75, 3.05) is 0 Å². The highest BCUT2D eigenvalue weighted by Crippen LogP contribution is 2.24. The summed E-state index contributed by atoms with van der Waals surface area (Å²) in [5.41, 5.74) is 4.18. The van der Waals surface area contributed by atoms with Crippen LogP contribution in [0, 0.1) is 5.82 Å². The van der Waals surface area contributed by atoms with Gasteiger partial charge < -0.3 is 0 Å². The number of nitrogens with two attached hydrogens (primary N) is 1. The summed E-state index contributed by atoms with van der Waals surface area (Å²) >= 11 is 1.57. The highest BCUT2D eigenvalue weighted by Gasteiger charge is 2.13. The minimum atomic E-state index is -0.278. The van der Waals surface area contributed by atoms with Gasteiger partial charge in [0.2, 0.25) is 5.91 Å². The van der Waals surface area contributed by atoms with Crippen LogP contribution in [-0.4, -0.2) is 5.91 Å². The number of halogens is 1. The second kappa shape index (κ2) is 7.24. The van der Waals surface area contributed by atoms with Gasteiger partial charge in [0, 0.05) is 10.6 Å². The molecule has 2 rings (SSSR count). The molecule has 0 saturated carbocycles.